The molecule has 0 aliphatic rings. The predicted molar refractivity (Wildman–Crippen MR) is 80.9 cm³/mol. The highest BCUT2D eigenvalue weighted by molar-refractivity contribution is 9.10. The van der Waals surface area contributed by atoms with Gasteiger partial charge in [0.25, 0.3) is 0 Å². The Hall–Kier alpha value is -1.19. The number of aryl methyl sites for hydroxylation is 2. The van der Waals surface area contributed by atoms with Gasteiger partial charge in [0, 0.05) is 4.47 Å². The zero-order chi connectivity index (χ0) is 14.0. The molecule has 3 heteroatoms. The topological polar surface area (TPSA) is 12.0 Å². The van der Waals surface area contributed by atoms with Gasteiger partial charge >= 0.3 is 0 Å². The number of rotatable bonds is 3. The van der Waals surface area contributed by atoms with Crippen LogP contribution in [0.1, 0.15) is 28.3 Å². The average molecular weight is 322 g/mol. The summed E-state index contributed by atoms with van der Waals surface area (Å²) in [6.07, 6.45) is 0. The third-order valence-electron chi connectivity index (χ3n) is 3.38. The maximum Gasteiger partial charge on any atom is 0.123 e. The van der Waals surface area contributed by atoms with E-state index in [2.05, 4.69) is 40.3 Å². The van der Waals surface area contributed by atoms with Crippen molar-refractivity contribution in [1.82, 2.24) is 5.32 Å². The molecule has 0 radical (unpaired) electrons. The minimum absolute atomic E-state index is 0.0677. The fourth-order valence-corrected chi connectivity index (χ4v) is 2.74. The molecular formula is C16H17BrFN. The molecule has 0 saturated heterocycles. The summed E-state index contributed by atoms with van der Waals surface area (Å²) in [5.74, 6) is -0.193. The summed E-state index contributed by atoms with van der Waals surface area (Å²) in [6, 6.07) is 11.2. The van der Waals surface area contributed by atoms with Crippen molar-refractivity contribution in [3.63, 3.8) is 0 Å². The standard InChI is InChI=1S/C16H17BrFN/c1-10-4-5-12(17)9-15(10)16(19-3)14-7-6-13(18)8-11(14)2/h4-9,16,19H,1-3H3. The number of halogens is 2. The third-order valence-corrected chi connectivity index (χ3v) is 3.88. The smallest absolute Gasteiger partial charge is 0.123 e. The average Bonchev–Trinajstić information content (AvgIpc) is 2.36. The van der Waals surface area contributed by atoms with Crippen molar-refractivity contribution in [3.8, 4) is 0 Å². The number of benzene rings is 2. The lowest BCUT2D eigenvalue weighted by molar-refractivity contribution is 0.621. The first-order valence-corrected chi connectivity index (χ1v) is 7.01. The Morgan fingerprint density at radius 3 is 2.37 bits per heavy atom. The second kappa shape index (κ2) is 5.85. The molecule has 0 aromatic heterocycles. The lowest BCUT2D eigenvalue weighted by atomic mass is 9.92. The van der Waals surface area contributed by atoms with Crippen molar-refractivity contribution in [1.29, 1.82) is 0 Å². The molecule has 0 aliphatic heterocycles. The lowest BCUT2D eigenvalue weighted by Gasteiger charge is -2.21. The molecule has 0 saturated carbocycles. The van der Waals surface area contributed by atoms with Crippen molar-refractivity contribution >= 4 is 15.9 Å². The van der Waals surface area contributed by atoms with E-state index in [1.807, 2.05) is 26.1 Å². The largest absolute Gasteiger partial charge is 0.309 e. The monoisotopic (exact) mass is 321 g/mol. The second-order valence-electron chi connectivity index (χ2n) is 4.72. The van der Waals surface area contributed by atoms with E-state index in [0.717, 1.165) is 15.6 Å². The van der Waals surface area contributed by atoms with Crippen molar-refractivity contribution in [3.05, 3.63) is 68.9 Å². The van der Waals surface area contributed by atoms with E-state index < -0.39 is 0 Å². The maximum atomic E-state index is 13.2. The highest BCUT2D eigenvalue weighted by Crippen LogP contribution is 2.29. The summed E-state index contributed by atoms with van der Waals surface area (Å²) >= 11 is 3.51. The zero-order valence-corrected chi connectivity index (χ0v) is 12.9. The molecule has 0 amide bonds. The summed E-state index contributed by atoms with van der Waals surface area (Å²) in [4.78, 5) is 0. The summed E-state index contributed by atoms with van der Waals surface area (Å²) in [7, 11) is 1.92. The van der Waals surface area contributed by atoms with E-state index in [-0.39, 0.29) is 11.9 Å². The minimum atomic E-state index is -0.193. The van der Waals surface area contributed by atoms with Crippen molar-refractivity contribution in [2.75, 3.05) is 7.05 Å². The predicted octanol–water partition coefficient (Wildman–Crippen LogP) is 4.51. The molecule has 1 atom stereocenters. The van der Waals surface area contributed by atoms with Crippen molar-refractivity contribution in [2.24, 2.45) is 0 Å². The molecule has 0 bridgehead atoms. The summed E-state index contributed by atoms with van der Waals surface area (Å²) in [6.45, 7) is 4.03. The molecule has 2 rings (SSSR count). The number of hydrogen-bond donors (Lipinski definition) is 1. The first kappa shape index (κ1) is 14.2. The fourth-order valence-electron chi connectivity index (χ4n) is 2.36. The van der Waals surface area contributed by atoms with E-state index in [1.54, 1.807) is 6.07 Å². The molecule has 0 fully saturated rings. The quantitative estimate of drug-likeness (QED) is 0.876. The SMILES string of the molecule is CNC(c1ccc(F)cc1C)c1cc(Br)ccc1C. The van der Waals surface area contributed by atoms with Gasteiger partial charge < -0.3 is 5.32 Å². The van der Waals surface area contributed by atoms with Crippen LogP contribution in [0.5, 0.6) is 0 Å². The molecule has 0 heterocycles. The number of hydrogen-bond acceptors (Lipinski definition) is 1. The Labute approximate surface area is 122 Å². The molecule has 0 spiro atoms. The van der Waals surface area contributed by atoms with Crippen LogP contribution in [0.2, 0.25) is 0 Å². The maximum absolute atomic E-state index is 13.2. The van der Waals surface area contributed by atoms with Crippen molar-refractivity contribution in [2.45, 2.75) is 19.9 Å². The molecule has 19 heavy (non-hydrogen) atoms. The van der Waals surface area contributed by atoms with E-state index in [9.17, 15) is 4.39 Å². The van der Waals surface area contributed by atoms with E-state index in [4.69, 9.17) is 0 Å². The second-order valence-corrected chi connectivity index (χ2v) is 5.64. The molecule has 0 aliphatic carbocycles. The molecule has 2 aromatic rings. The van der Waals surface area contributed by atoms with Crippen molar-refractivity contribution < 1.29 is 4.39 Å². The van der Waals surface area contributed by atoms with Crippen LogP contribution in [-0.2, 0) is 0 Å². The van der Waals surface area contributed by atoms with Crippen LogP contribution in [0.25, 0.3) is 0 Å². The highest BCUT2D eigenvalue weighted by atomic mass is 79.9. The lowest BCUT2D eigenvalue weighted by Crippen LogP contribution is -2.19. The highest BCUT2D eigenvalue weighted by Gasteiger charge is 2.16. The van der Waals surface area contributed by atoms with Gasteiger partial charge in [-0.2, -0.15) is 0 Å². The van der Waals surface area contributed by atoms with E-state index in [0.29, 0.717) is 0 Å². The molecule has 1 unspecified atom stereocenters. The molecule has 2 aromatic carbocycles. The van der Waals surface area contributed by atoms with Gasteiger partial charge in [-0.25, -0.2) is 4.39 Å². The Balaban J connectivity index is 2.52. The molecule has 1 nitrogen and oxygen atoms in total. The van der Waals surface area contributed by atoms with Crippen LogP contribution in [0.4, 0.5) is 4.39 Å². The van der Waals surface area contributed by atoms with E-state index >= 15 is 0 Å². The summed E-state index contributed by atoms with van der Waals surface area (Å²) in [5, 5.41) is 3.32. The minimum Gasteiger partial charge on any atom is -0.309 e. The van der Waals surface area contributed by atoms with Gasteiger partial charge in [0.1, 0.15) is 5.82 Å². The summed E-state index contributed by atoms with van der Waals surface area (Å²) in [5.41, 5.74) is 4.47. The zero-order valence-electron chi connectivity index (χ0n) is 11.3. The Kier molecular flexibility index (Phi) is 4.38. The number of nitrogens with one attached hydrogen (secondary N) is 1. The van der Waals surface area contributed by atoms with Gasteiger partial charge in [0.2, 0.25) is 0 Å². The Morgan fingerprint density at radius 1 is 1.00 bits per heavy atom. The third kappa shape index (κ3) is 3.04. The first-order chi connectivity index (χ1) is 9.02. The molecular weight excluding hydrogens is 305 g/mol. The van der Waals surface area contributed by atoms with Crippen LogP contribution in [0.15, 0.2) is 40.9 Å². The van der Waals surface area contributed by atoms with Gasteiger partial charge in [-0.05, 0) is 67.4 Å². The Bertz CT molecular complexity index is 595. The van der Waals surface area contributed by atoms with Gasteiger partial charge in [-0.1, -0.05) is 28.1 Å². The van der Waals surface area contributed by atoms with Crippen LogP contribution >= 0.6 is 15.9 Å². The summed E-state index contributed by atoms with van der Waals surface area (Å²) < 4.78 is 14.3. The van der Waals surface area contributed by atoms with E-state index in [1.165, 1.54) is 17.2 Å². The van der Waals surface area contributed by atoms with Crippen LogP contribution in [0, 0.1) is 19.7 Å². The molecule has 1 N–H and O–H groups in total. The van der Waals surface area contributed by atoms with Crippen LogP contribution in [0.3, 0.4) is 0 Å². The van der Waals surface area contributed by atoms with Gasteiger partial charge in [-0.15, -0.1) is 0 Å². The Morgan fingerprint density at radius 2 is 1.74 bits per heavy atom. The normalized spacial score (nSPS) is 12.5. The van der Waals surface area contributed by atoms with Gasteiger partial charge in [0.15, 0.2) is 0 Å². The van der Waals surface area contributed by atoms with Gasteiger partial charge in [0.05, 0.1) is 6.04 Å². The van der Waals surface area contributed by atoms with Gasteiger partial charge in [-0.3, -0.25) is 0 Å². The molecule has 100 valence electrons. The first-order valence-electron chi connectivity index (χ1n) is 6.22. The fraction of sp³-hybridized carbons (Fsp3) is 0.250. The van der Waals surface area contributed by atoms with Crippen LogP contribution < -0.4 is 5.32 Å². The van der Waals surface area contributed by atoms with Crippen LogP contribution in [-0.4, -0.2) is 7.05 Å².